The Hall–Kier alpha value is -0.340. The molecular formula is C7H14O2. The lowest BCUT2D eigenvalue weighted by Crippen LogP contribution is -2.01. The van der Waals surface area contributed by atoms with E-state index in [1.165, 1.54) is 0 Å². The minimum absolute atomic E-state index is 0.678. The molecule has 0 atom stereocenters. The maximum absolute atomic E-state index is 5.12. The topological polar surface area (TPSA) is 18.5 Å². The molecule has 0 spiro atoms. The Morgan fingerprint density at radius 1 is 1.33 bits per heavy atom. The first kappa shape index (κ1) is 8.66. The lowest BCUT2D eigenvalue weighted by atomic mass is 10.5. The van der Waals surface area contributed by atoms with Crippen molar-refractivity contribution in [2.24, 2.45) is 0 Å². The zero-order valence-corrected chi connectivity index (χ0v) is 5.93. The van der Waals surface area contributed by atoms with E-state index in [0.717, 1.165) is 13.0 Å². The summed E-state index contributed by atoms with van der Waals surface area (Å²) >= 11 is 0. The van der Waals surface area contributed by atoms with Gasteiger partial charge in [-0.2, -0.15) is 0 Å². The van der Waals surface area contributed by atoms with Crippen molar-refractivity contribution in [3.8, 4) is 0 Å². The van der Waals surface area contributed by atoms with Crippen molar-refractivity contribution in [2.75, 3.05) is 26.9 Å². The van der Waals surface area contributed by atoms with Gasteiger partial charge in [-0.1, -0.05) is 6.08 Å². The van der Waals surface area contributed by atoms with Gasteiger partial charge in [-0.25, -0.2) is 0 Å². The highest BCUT2D eigenvalue weighted by Gasteiger charge is 1.82. The van der Waals surface area contributed by atoms with E-state index in [2.05, 4.69) is 6.58 Å². The van der Waals surface area contributed by atoms with Crippen molar-refractivity contribution >= 4 is 0 Å². The van der Waals surface area contributed by atoms with Crippen LogP contribution in [-0.4, -0.2) is 26.9 Å². The Labute approximate surface area is 56.5 Å². The summed E-state index contributed by atoms with van der Waals surface area (Å²) in [6.07, 6.45) is 2.76. The molecule has 0 aromatic rings. The summed E-state index contributed by atoms with van der Waals surface area (Å²) in [6, 6.07) is 0. The fourth-order valence-corrected chi connectivity index (χ4v) is 0.411. The summed E-state index contributed by atoms with van der Waals surface area (Å²) in [6.45, 7) is 5.69. The van der Waals surface area contributed by atoms with Gasteiger partial charge in [-0.05, 0) is 6.42 Å². The molecule has 0 aliphatic rings. The van der Waals surface area contributed by atoms with E-state index in [9.17, 15) is 0 Å². The van der Waals surface area contributed by atoms with Gasteiger partial charge in [0, 0.05) is 7.11 Å². The monoisotopic (exact) mass is 130 g/mol. The van der Waals surface area contributed by atoms with Crippen LogP contribution in [0.3, 0.4) is 0 Å². The highest BCUT2D eigenvalue weighted by atomic mass is 16.5. The molecule has 0 aromatic carbocycles. The molecule has 0 aromatic heterocycles. The van der Waals surface area contributed by atoms with Crippen LogP contribution in [-0.2, 0) is 9.47 Å². The first-order valence-electron chi connectivity index (χ1n) is 3.09. The predicted octanol–water partition coefficient (Wildman–Crippen LogP) is 1.23. The number of methoxy groups -OCH3 is 1. The van der Waals surface area contributed by atoms with Crippen molar-refractivity contribution in [1.29, 1.82) is 0 Å². The van der Waals surface area contributed by atoms with Gasteiger partial charge in [-0.3, -0.25) is 0 Å². The van der Waals surface area contributed by atoms with E-state index in [1.807, 2.05) is 6.08 Å². The molecule has 54 valence electrons. The molecule has 0 amide bonds. The van der Waals surface area contributed by atoms with Crippen LogP contribution in [0.2, 0.25) is 0 Å². The van der Waals surface area contributed by atoms with Crippen molar-refractivity contribution < 1.29 is 9.47 Å². The SMILES string of the molecule is C=CCCOCCOC. The van der Waals surface area contributed by atoms with Crippen LogP contribution < -0.4 is 0 Å². The fourth-order valence-electron chi connectivity index (χ4n) is 0.411. The summed E-state index contributed by atoms with van der Waals surface area (Å²) < 4.78 is 9.89. The molecule has 0 saturated heterocycles. The van der Waals surface area contributed by atoms with E-state index < -0.39 is 0 Å². The fraction of sp³-hybridized carbons (Fsp3) is 0.714. The minimum atomic E-state index is 0.678. The van der Waals surface area contributed by atoms with Gasteiger partial charge in [-0.15, -0.1) is 6.58 Å². The van der Waals surface area contributed by atoms with Crippen LogP contribution in [0.15, 0.2) is 12.7 Å². The largest absolute Gasteiger partial charge is 0.382 e. The molecule has 0 rings (SSSR count). The number of hydrogen-bond donors (Lipinski definition) is 0. The van der Waals surface area contributed by atoms with Crippen molar-refractivity contribution in [3.05, 3.63) is 12.7 Å². The van der Waals surface area contributed by atoms with E-state index in [4.69, 9.17) is 9.47 Å². The molecule has 9 heavy (non-hydrogen) atoms. The third-order valence-corrected chi connectivity index (χ3v) is 0.898. The van der Waals surface area contributed by atoms with E-state index >= 15 is 0 Å². The predicted molar refractivity (Wildman–Crippen MR) is 37.5 cm³/mol. The van der Waals surface area contributed by atoms with E-state index in [1.54, 1.807) is 7.11 Å². The maximum Gasteiger partial charge on any atom is 0.0700 e. The van der Waals surface area contributed by atoms with Gasteiger partial charge in [0.1, 0.15) is 0 Å². The molecule has 2 nitrogen and oxygen atoms in total. The minimum Gasteiger partial charge on any atom is -0.382 e. The Morgan fingerprint density at radius 2 is 2.11 bits per heavy atom. The maximum atomic E-state index is 5.12. The van der Waals surface area contributed by atoms with Gasteiger partial charge in [0.2, 0.25) is 0 Å². The van der Waals surface area contributed by atoms with Crippen molar-refractivity contribution in [2.45, 2.75) is 6.42 Å². The van der Waals surface area contributed by atoms with Crippen LogP contribution in [0, 0.1) is 0 Å². The standard InChI is InChI=1S/C7H14O2/c1-3-4-5-9-7-6-8-2/h3H,1,4-7H2,2H3. The number of rotatable bonds is 6. The van der Waals surface area contributed by atoms with E-state index in [0.29, 0.717) is 13.2 Å². The van der Waals surface area contributed by atoms with Crippen LogP contribution >= 0.6 is 0 Å². The smallest absolute Gasteiger partial charge is 0.0700 e. The van der Waals surface area contributed by atoms with Crippen molar-refractivity contribution in [1.82, 2.24) is 0 Å². The van der Waals surface area contributed by atoms with Gasteiger partial charge in [0.25, 0.3) is 0 Å². The summed E-state index contributed by atoms with van der Waals surface area (Å²) in [7, 11) is 1.66. The van der Waals surface area contributed by atoms with Crippen molar-refractivity contribution in [3.63, 3.8) is 0 Å². The zero-order chi connectivity index (χ0) is 6.95. The van der Waals surface area contributed by atoms with E-state index in [-0.39, 0.29) is 0 Å². The normalized spacial score (nSPS) is 9.44. The average Bonchev–Trinajstić information content (AvgIpc) is 1.89. The molecule has 0 radical (unpaired) electrons. The van der Waals surface area contributed by atoms with Crippen LogP contribution in [0.4, 0.5) is 0 Å². The Morgan fingerprint density at radius 3 is 2.67 bits per heavy atom. The Balaban J connectivity index is 2.66. The molecule has 0 aliphatic carbocycles. The number of ether oxygens (including phenoxy) is 2. The molecule has 0 aliphatic heterocycles. The summed E-state index contributed by atoms with van der Waals surface area (Å²) in [5.74, 6) is 0. The lowest BCUT2D eigenvalue weighted by Gasteiger charge is -1.99. The van der Waals surface area contributed by atoms with Crippen LogP contribution in [0.5, 0.6) is 0 Å². The van der Waals surface area contributed by atoms with Gasteiger partial charge in [0.15, 0.2) is 0 Å². The summed E-state index contributed by atoms with van der Waals surface area (Å²) in [5.41, 5.74) is 0. The van der Waals surface area contributed by atoms with Crippen LogP contribution in [0.25, 0.3) is 0 Å². The van der Waals surface area contributed by atoms with Gasteiger partial charge < -0.3 is 9.47 Å². The Kier molecular flexibility index (Phi) is 7.37. The molecule has 0 N–H and O–H groups in total. The summed E-state index contributed by atoms with van der Waals surface area (Å²) in [5, 5.41) is 0. The third-order valence-electron chi connectivity index (χ3n) is 0.898. The highest BCUT2D eigenvalue weighted by molar-refractivity contribution is 4.64. The third kappa shape index (κ3) is 7.66. The highest BCUT2D eigenvalue weighted by Crippen LogP contribution is 1.81. The molecule has 0 bridgehead atoms. The Bertz CT molecular complexity index is 61.9. The first-order valence-corrected chi connectivity index (χ1v) is 3.09. The first-order chi connectivity index (χ1) is 4.41. The van der Waals surface area contributed by atoms with Crippen LogP contribution in [0.1, 0.15) is 6.42 Å². The second-order valence-electron chi connectivity index (χ2n) is 1.68. The molecule has 0 saturated carbocycles. The van der Waals surface area contributed by atoms with Gasteiger partial charge >= 0.3 is 0 Å². The molecule has 0 heterocycles. The second-order valence-corrected chi connectivity index (χ2v) is 1.68. The summed E-state index contributed by atoms with van der Waals surface area (Å²) in [4.78, 5) is 0. The zero-order valence-electron chi connectivity index (χ0n) is 5.93. The molecule has 0 unspecified atom stereocenters. The molecule has 0 fully saturated rings. The van der Waals surface area contributed by atoms with Gasteiger partial charge in [0.05, 0.1) is 19.8 Å². The lowest BCUT2D eigenvalue weighted by molar-refractivity contribution is 0.0731. The molecular weight excluding hydrogens is 116 g/mol. The number of hydrogen-bond acceptors (Lipinski definition) is 2. The quantitative estimate of drug-likeness (QED) is 0.397. The second kappa shape index (κ2) is 7.66. The molecule has 2 heteroatoms. The average molecular weight is 130 g/mol.